The van der Waals surface area contributed by atoms with Crippen LogP contribution in [0.1, 0.15) is 33.6 Å². The van der Waals surface area contributed by atoms with E-state index in [1.807, 2.05) is 20.8 Å². The Labute approximate surface area is 109 Å². The van der Waals surface area contributed by atoms with Gasteiger partial charge in [0, 0.05) is 32.7 Å². The summed E-state index contributed by atoms with van der Waals surface area (Å²) in [6.45, 7) is 6.62. The second-order valence-electron chi connectivity index (χ2n) is 6.11. The Morgan fingerprint density at radius 2 is 2.17 bits per heavy atom. The van der Waals surface area contributed by atoms with Crippen molar-refractivity contribution >= 4 is 11.8 Å². The van der Waals surface area contributed by atoms with Crippen LogP contribution in [0.4, 0.5) is 0 Å². The summed E-state index contributed by atoms with van der Waals surface area (Å²) < 4.78 is 0. The van der Waals surface area contributed by atoms with E-state index in [0.29, 0.717) is 19.4 Å². The number of nitrogens with zero attached hydrogens (tertiary/aromatic N) is 1. The molecule has 1 rings (SSSR count). The maximum atomic E-state index is 12.1. The van der Waals surface area contributed by atoms with Crippen LogP contribution in [0.15, 0.2) is 0 Å². The zero-order valence-electron chi connectivity index (χ0n) is 11.7. The molecule has 0 bridgehead atoms. The molecular weight excluding hydrogens is 232 g/mol. The van der Waals surface area contributed by atoms with Gasteiger partial charge in [0.1, 0.15) is 0 Å². The van der Waals surface area contributed by atoms with Gasteiger partial charge in [0.05, 0.1) is 5.92 Å². The van der Waals surface area contributed by atoms with Crippen molar-refractivity contribution in [3.8, 4) is 0 Å². The van der Waals surface area contributed by atoms with Crippen LogP contribution in [-0.2, 0) is 9.59 Å². The number of likely N-dealkylation sites (tertiary alicyclic amines) is 1. The monoisotopic (exact) mass is 256 g/mol. The lowest BCUT2D eigenvalue weighted by Gasteiger charge is -2.32. The average molecular weight is 256 g/mol. The van der Waals surface area contributed by atoms with Crippen LogP contribution in [0.2, 0.25) is 0 Å². The molecule has 1 fully saturated rings. The second-order valence-corrected chi connectivity index (χ2v) is 6.11. The SMILES string of the molecule is CN1CC(C(=O)NC(CCO)C(C)(C)C)CC1=O. The van der Waals surface area contributed by atoms with E-state index in [-0.39, 0.29) is 35.8 Å². The smallest absolute Gasteiger partial charge is 0.225 e. The van der Waals surface area contributed by atoms with Gasteiger partial charge in [-0.25, -0.2) is 0 Å². The Morgan fingerprint density at radius 1 is 1.56 bits per heavy atom. The van der Waals surface area contributed by atoms with Gasteiger partial charge in [0.25, 0.3) is 0 Å². The molecule has 2 amide bonds. The zero-order valence-corrected chi connectivity index (χ0v) is 11.7. The van der Waals surface area contributed by atoms with Crippen molar-refractivity contribution in [2.24, 2.45) is 11.3 Å². The topological polar surface area (TPSA) is 69.6 Å². The van der Waals surface area contributed by atoms with Gasteiger partial charge in [-0.1, -0.05) is 20.8 Å². The van der Waals surface area contributed by atoms with Crippen molar-refractivity contribution in [3.63, 3.8) is 0 Å². The van der Waals surface area contributed by atoms with Crippen LogP contribution >= 0.6 is 0 Å². The minimum atomic E-state index is -0.258. The van der Waals surface area contributed by atoms with Crippen LogP contribution < -0.4 is 5.32 Å². The molecule has 2 N–H and O–H groups in total. The largest absolute Gasteiger partial charge is 0.396 e. The summed E-state index contributed by atoms with van der Waals surface area (Å²) in [4.78, 5) is 25.1. The van der Waals surface area contributed by atoms with E-state index >= 15 is 0 Å². The molecule has 0 aliphatic carbocycles. The number of hydrogen-bond acceptors (Lipinski definition) is 3. The van der Waals surface area contributed by atoms with E-state index in [1.165, 1.54) is 0 Å². The predicted octanol–water partition coefficient (Wildman–Crippen LogP) is 0.378. The summed E-state index contributed by atoms with van der Waals surface area (Å²) in [7, 11) is 1.71. The molecule has 104 valence electrons. The summed E-state index contributed by atoms with van der Waals surface area (Å²) in [6.07, 6.45) is 0.823. The Balaban J connectivity index is 2.60. The van der Waals surface area contributed by atoms with Crippen molar-refractivity contribution < 1.29 is 14.7 Å². The first kappa shape index (κ1) is 15.0. The van der Waals surface area contributed by atoms with Crippen molar-refractivity contribution in [2.75, 3.05) is 20.2 Å². The zero-order chi connectivity index (χ0) is 13.9. The first-order chi connectivity index (χ1) is 8.25. The number of hydrogen-bond donors (Lipinski definition) is 2. The van der Waals surface area contributed by atoms with Gasteiger partial charge < -0.3 is 15.3 Å². The molecule has 18 heavy (non-hydrogen) atoms. The highest BCUT2D eigenvalue weighted by atomic mass is 16.3. The lowest BCUT2D eigenvalue weighted by molar-refractivity contribution is -0.129. The summed E-state index contributed by atoms with van der Waals surface area (Å²) in [5, 5.41) is 12.0. The first-order valence-corrected chi connectivity index (χ1v) is 6.41. The normalized spacial score (nSPS) is 22.2. The molecular formula is C13H24N2O3. The summed E-state index contributed by atoms with van der Waals surface area (Å²) in [5.74, 6) is -0.322. The maximum absolute atomic E-state index is 12.1. The fraction of sp³-hybridized carbons (Fsp3) is 0.846. The molecule has 1 aliphatic rings. The van der Waals surface area contributed by atoms with E-state index in [1.54, 1.807) is 11.9 Å². The molecule has 5 nitrogen and oxygen atoms in total. The van der Waals surface area contributed by atoms with E-state index in [2.05, 4.69) is 5.32 Å². The Morgan fingerprint density at radius 3 is 2.56 bits per heavy atom. The molecule has 0 aromatic heterocycles. The summed E-state index contributed by atoms with van der Waals surface area (Å²) >= 11 is 0. The fourth-order valence-electron chi connectivity index (χ4n) is 2.18. The molecule has 1 aliphatic heterocycles. The Kier molecular flexibility index (Phi) is 4.73. The number of rotatable bonds is 4. The molecule has 2 atom stereocenters. The van der Waals surface area contributed by atoms with E-state index in [0.717, 1.165) is 0 Å². The molecule has 0 aromatic carbocycles. The number of aliphatic hydroxyl groups excluding tert-OH is 1. The number of carbonyl (C=O) groups excluding carboxylic acids is 2. The number of amides is 2. The quantitative estimate of drug-likeness (QED) is 0.764. The van der Waals surface area contributed by atoms with Crippen molar-refractivity contribution in [3.05, 3.63) is 0 Å². The molecule has 1 heterocycles. The highest BCUT2D eigenvalue weighted by Gasteiger charge is 2.34. The van der Waals surface area contributed by atoms with Crippen LogP contribution in [0.5, 0.6) is 0 Å². The first-order valence-electron chi connectivity index (χ1n) is 6.41. The number of nitrogens with one attached hydrogen (secondary N) is 1. The van der Waals surface area contributed by atoms with Crippen molar-refractivity contribution in [1.29, 1.82) is 0 Å². The second kappa shape index (κ2) is 5.69. The molecule has 2 unspecified atom stereocenters. The third kappa shape index (κ3) is 3.70. The molecule has 1 saturated heterocycles. The van der Waals surface area contributed by atoms with Crippen LogP contribution in [-0.4, -0.2) is 48.1 Å². The molecule has 0 aromatic rings. The molecule has 0 radical (unpaired) electrons. The van der Waals surface area contributed by atoms with Gasteiger partial charge in [-0.2, -0.15) is 0 Å². The van der Waals surface area contributed by atoms with Crippen molar-refractivity contribution in [1.82, 2.24) is 10.2 Å². The molecule has 5 heteroatoms. The Bertz CT molecular complexity index is 323. The van der Waals surface area contributed by atoms with Gasteiger partial charge in [-0.15, -0.1) is 0 Å². The lowest BCUT2D eigenvalue weighted by Crippen LogP contribution is -2.46. The highest BCUT2D eigenvalue weighted by Crippen LogP contribution is 2.23. The average Bonchev–Trinajstić information content (AvgIpc) is 2.57. The van der Waals surface area contributed by atoms with Gasteiger partial charge in [0.15, 0.2) is 0 Å². The van der Waals surface area contributed by atoms with Gasteiger partial charge in [-0.3, -0.25) is 9.59 Å². The Hall–Kier alpha value is -1.10. The number of aliphatic hydroxyl groups is 1. The van der Waals surface area contributed by atoms with Crippen molar-refractivity contribution in [2.45, 2.75) is 39.7 Å². The third-order valence-corrected chi connectivity index (χ3v) is 3.49. The minimum absolute atomic E-state index is 0.0182. The number of carbonyl (C=O) groups is 2. The minimum Gasteiger partial charge on any atom is -0.396 e. The van der Waals surface area contributed by atoms with Crippen LogP contribution in [0.3, 0.4) is 0 Å². The standard InChI is InChI=1S/C13H24N2O3/c1-13(2,3)10(5-6-16)14-12(18)9-7-11(17)15(4)8-9/h9-10,16H,5-8H2,1-4H3,(H,14,18). The predicted molar refractivity (Wildman–Crippen MR) is 68.8 cm³/mol. The lowest BCUT2D eigenvalue weighted by atomic mass is 9.84. The highest BCUT2D eigenvalue weighted by molar-refractivity contribution is 5.89. The molecule has 0 spiro atoms. The van der Waals surface area contributed by atoms with E-state index < -0.39 is 0 Å². The van der Waals surface area contributed by atoms with E-state index in [4.69, 9.17) is 5.11 Å². The van der Waals surface area contributed by atoms with Crippen LogP contribution in [0, 0.1) is 11.3 Å². The van der Waals surface area contributed by atoms with Gasteiger partial charge >= 0.3 is 0 Å². The van der Waals surface area contributed by atoms with Crippen LogP contribution in [0.25, 0.3) is 0 Å². The maximum Gasteiger partial charge on any atom is 0.225 e. The summed E-state index contributed by atoms with van der Waals surface area (Å²) in [6, 6.07) is -0.0731. The van der Waals surface area contributed by atoms with Gasteiger partial charge in [-0.05, 0) is 11.8 Å². The van der Waals surface area contributed by atoms with E-state index in [9.17, 15) is 9.59 Å². The molecule has 0 saturated carbocycles. The van der Waals surface area contributed by atoms with Gasteiger partial charge in [0.2, 0.25) is 11.8 Å². The fourth-order valence-corrected chi connectivity index (χ4v) is 2.18. The third-order valence-electron chi connectivity index (χ3n) is 3.49. The summed E-state index contributed by atoms with van der Waals surface area (Å²) in [5.41, 5.74) is -0.104.